The van der Waals surface area contributed by atoms with Crippen molar-refractivity contribution < 1.29 is 4.79 Å². The molecule has 1 aromatic rings. The van der Waals surface area contributed by atoms with E-state index in [4.69, 9.17) is 0 Å². The Hall–Kier alpha value is -1.65. The molecule has 0 unspecified atom stereocenters. The Labute approximate surface area is 124 Å². The fourth-order valence-electron chi connectivity index (χ4n) is 2.99. The monoisotopic (exact) mass is 289 g/mol. The number of nitrogens with zero attached hydrogens (tertiary/aromatic N) is 3. The Balaban J connectivity index is 1.70. The van der Waals surface area contributed by atoms with Crippen LogP contribution in [0.4, 0.5) is 0 Å². The summed E-state index contributed by atoms with van der Waals surface area (Å²) < 4.78 is 1.66. The number of rotatable bonds is 3. The molecule has 2 fully saturated rings. The Kier molecular flexibility index (Phi) is 3.83. The van der Waals surface area contributed by atoms with E-state index in [2.05, 4.69) is 5.10 Å². The lowest BCUT2D eigenvalue weighted by Gasteiger charge is -2.33. The number of likely N-dealkylation sites (tertiary alicyclic amines) is 1. The van der Waals surface area contributed by atoms with E-state index in [1.165, 1.54) is 12.8 Å². The van der Waals surface area contributed by atoms with Crippen LogP contribution in [0.15, 0.2) is 16.9 Å². The maximum Gasteiger partial charge on any atom is 0.267 e. The second-order valence-corrected chi connectivity index (χ2v) is 6.53. The average molecular weight is 289 g/mol. The van der Waals surface area contributed by atoms with Crippen LogP contribution in [0.1, 0.15) is 57.2 Å². The van der Waals surface area contributed by atoms with E-state index in [-0.39, 0.29) is 23.4 Å². The normalized spacial score (nSPS) is 20.0. The summed E-state index contributed by atoms with van der Waals surface area (Å²) in [7, 11) is 0. The van der Waals surface area contributed by atoms with Crippen LogP contribution in [0.5, 0.6) is 0 Å². The second kappa shape index (κ2) is 5.62. The van der Waals surface area contributed by atoms with Gasteiger partial charge in [0.25, 0.3) is 5.56 Å². The number of aromatic nitrogens is 2. The first kappa shape index (κ1) is 14.3. The average Bonchev–Trinajstić information content (AvgIpc) is 3.32. The van der Waals surface area contributed by atoms with Gasteiger partial charge >= 0.3 is 0 Å². The van der Waals surface area contributed by atoms with Crippen LogP contribution in [0.3, 0.4) is 0 Å². The number of carbonyl (C=O) groups excluding carboxylic acids is 1. The highest BCUT2D eigenvalue weighted by atomic mass is 16.2. The summed E-state index contributed by atoms with van der Waals surface area (Å²) in [4.78, 5) is 26.0. The molecule has 0 atom stereocenters. The molecule has 0 bridgehead atoms. The molecule has 0 spiro atoms. The lowest BCUT2D eigenvalue weighted by atomic mass is 10.0. The van der Waals surface area contributed by atoms with Crippen LogP contribution >= 0.6 is 0 Å². The third-order valence-corrected chi connectivity index (χ3v) is 4.46. The Bertz CT molecular complexity index is 581. The van der Waals surface area contributed by atoms with Crippen molar-refractivity contribution in [3.05, 3.63) is 28.2 Å². The zero-order valence-corrected chi connectivity index (χ0v) is 12.8. The molecule has 1 saturated heterocycles. The molecule has 0 aromatic carbocycles. The van der Waals surface area contributed by atoms with E-state index >= 15 is 0 Å². The third kappa shape index (κ3) is 3.01. The molecule has 5 nitrogen and oxygen atoms in total. The molecule has 0 N–H and O–H groups in total. The number of piperidine rings is 1. The lowest BCUT2D eigenvalue weighted by molar-refractivity contribution is -0.135. The van der Waals surface area contributed by atoms with Crippen LogP contribution in [-0.4, -0.2) is 33.7 Å². The number of hydrogen-bond donors (Lipinski definition) is 0. The first-order valence-corrected chi connectivity index (χ1v) is 7.95. The zero-order chi connectivity index (χ0) is 15.0. The van der Waals surface area contributed by atoms with Gasteiger partial charge in [0.1, 0.15) is 0 Å². The molecule has 2 heterocycles. The minimum absolute atomic E-state index is 0.0203. The lowest BCUT2D eigenvalue weighted by Crippen LogP contribution is -2.43. The van der Waals surface area contributed by atoms with Crippen LogP contribution in [0.25, 0.3) is 0 Å². The first-order chi connectivity index (χ1) is 10.1. The highest BCUT2D eigenvalue weighted by Crippen LogP contribution is 2.38. The van der Waals surface area contributed by atoms with Gasteiger partial charge in [0.2, 0.25) is 5.91 Å². The summed E-state index contributed by atoms with van der Waals surface area (Å²) in [6, 6.07) is 3.65. The smallest absolute Gasteiger partial charge is 0.267 e. The van der Waals surface area contributed by atoms with Crippen molar-refractivity contribution in [3.63, 3.8) is 0 Å². The van der Waals surface area contributed by atoms with Gasteiger partial charge in [0.05, 0.1) is 11.7 Å². The van der Waals surface area contributed by atoms with Gasteiger partial charge in [-0.25, -0.2) is 4.68 Å². The number of hydrogen-bond acceptors (Lipinski definition) is 3. The van der Waals surface area contributed by atoms with E-state index in [9.17, 15) is 9.59 Å². The van der Waals surface area contributed by atoms with Gasteiger partial charge in [0.15, 0.2) is 0 Å². The predicted octanol–water partition coefficient (Wildman–Crippen LogP) is 1.94. The van der Waals surface area contributed by atoms with Gasteiger partial charge < -0.3 is 4.90 Å². The Morgan fingerprint density at radius 3 is 2.43 bits per heavy atom. The SMILES string of the molecule is CC(C)C(=O)N1CCC(n2nc(C3CC3)ccc2=O)CC1. The molecule has 114 valence electrons. The van der Waals surface area contributed by atoms with E-state index in [1.54, 1.807) is 10.7 Å². The van der Waals surface area contributed by atoms with Gasteiger partial charge in [-0.05, 0) is 31.7 Å². The molecule has 1 aliphatic heterocycles. The summed E-state index contributed by atoms with van der Waals surface area (Å²) in [6.07, 6.45) is 4.01. The third-order valence-electron chi connectivity index (χ3n) is 4.46. The van der Waals surface area contributed by atoms with Gasteiger partial charge in [-0.2, -0.15) is 5.10 Å². The van der Waals surface area contributed by atoms with E-state index in [0.29, 0.717) is 5.92 Å². The second-order valence-electron chi connectivity index (χ2n) is 6.53. The maximum atomic E-state index is 12.1. The van der Waals surface area contributed by atoms with Crippen molar-refractivity contribution in [1.29, 1.82) is 0 Å². The van der Waals surface area contributed by atoms with Crippen LogP contribution < -0.4 is 5.56 Å². The molecular formula is C16H23N3O2. The van der Waals surface area contributed by atoms with E-state index in [0.717, 1.165) is 31.6 Å². The van der Waals surface area contributed by atoms with Crippen molar-refractivity contribution in [1.82, 2.24) is 14.7 Å². The standard InChI is InChI=1S/C16H23N3O2/c1-11(2)16(21)18-9-7-13(8-10-18)19-15(20)6-5-14(17-19)12-3-4-12/h5-6,11-13H,3-4,7-10H2,1-2H3. The molecule has 2 aliphatic rings. The molecule has 0 radical (unpaired) electrons. The van der Waals surface area contributed by atoms with Crippen LogP contribution in [0.2, 0.25) is 0 Å². The molecule has 21 heavy (non-hydrogen) atoms. The maximum absolute atomic E-state index is 12.1. The van der Waals surface area contributed by atoms with E-state index in [1.807, 2.05) is 24.8 Å². The molecule has 1 aromatic heterocycles. The van der Waals surface area contributed by atoms with Gasteiger partial charge in [-0.1, -0.05) is 13.8 Å². The van der Waals surface area contributed by atoms with Crippen molar-refractivity contribution >= 4 is 5.91 Å². The number of carbonyl (C=O) groups is 1. The highest BCUT2D eigenvalue weighted by molar-refractivity contribution is 5.78. The first-order valence-electron chi connectivity index (χ1n) is 7.95. The van der Waals surface area contributed by atoms with Gasteiger partial charge in [-0.15, -0.1) is 0 Å². The molecular weight excluding hydrogens is 266 g/mol. The van der Waals surface area contributed by atoms with Crippen LogP contribution in [-0.2, 0) is 4.79 Å². The molecule has 5 heteroatoms. The van der Waals surface area contributed by atoms with Crippen molar-refractivity contribution in [2.24, 2.45) is 5.92 Å². The highest BCUT2D eigenvalue weighted by Gasteiger charge is 2.29. The number of amides is 1. The fraction of sp³-hybridized carbons (Fsp3) is 0.688. The minimum Gasteiger partial charge on any atom is -0.342 e. The van der Waals surface area contributed by atoms with Crippen LogP contribution in [0, 0.1) is 5.92 Å². The Morgan fingerprint density at radius 1 is 1.19 bits per heavy atom. The molecule has 1 aliphatic carbocycles. The van der Waals surface area contributed by atoms with Gasteiger partial charge in [0, 0.05) is 31.0 Å². The molecule has 1 amide bonds. The topological polar surface area (TPSA) is 55.2 Å². The van der Waals surface area contributed by atoms with Gasteiger partial charge in [-0.3, -0.25) is 9.59 Å². The summed E-state index contributed by atoms with van der Waals surface area (Å²) in [6.45, 7) is 5.31. The molecule has 3 rings (SSSR count). The Morgan fingerprint density at radius 2 is 1.86 bits per heavy atom. The van der Waals surface area contributed by atoms with Crippen molar-refractivity contribution in [2.45, 2.75) is 51.5 Å². The fourth-order valence-corrected chi connectivity index (χ4v) is 2.99. The molecule has 1 saturated carbocycles. The minimum atomic E-state index is -0.0203. The predicted molar refractivity (Wildman–Crippen MR) is 80.2 cm³/mol. The summed E-state index contributed by atoms with van der Waals surface area (Å²) in [5.74, 6) is 0.806. The van der Waals surface area contributed by atoms with Crippen molar-refractivity contribution in [2.75, 3.05) is 13.1 Å². The largest absolute Gasteiger partial charge is 0.342 e. The zero-order valence-electron chi connectivity index (χ0n) is 12.8. The summed E-state index contributed by atoms with van der Waals surface area (Å²) >= 11 is 0. The summed E-state index contributed by atoms with van der Waals surface area (Å²) in [5, 5.41) is 4.56. The quantitative estimate of drug-likeness (QED) is 0.854. The van der Waals surface area contributed by atoms with E-state index < -0.39 is 0 Å². The summed E-state index contributed by atoms with van der Waals surface area (Å²) in [5.41, 5.74) is 1.03. The van der Waals surface area contributed by atoms with Crippen molar-refractivity contribution in [3.8, 4) is 0 Å².